The molecule has 6 nitrogen and oxygen atoms in total. The minimum Gasteiger partial charge on any atom is -0.336 e. The maximum absolute atomic E-state index is 12.7. The van der Waals surface area contributed by atoms with Gasteiger partial charge in [-0.05, 0) is 63.3 Å². The molecule has 26 heavy (non-hydrogen) atoms. The number of hydrogen-bond donors (Lipinski definition) is 1. The van der Waals surface area contributed by atoms with Gasteiger partial charge < -0.3 is 10.2 Å². The van der Waals surface area contributed by atoms with E-state index in [1.807, 2.05) is 11.8 Å². The van der Waals surface area contributed by atoms with Crippen LogP contribution in [0.1, 0.15) is 48.5 Å². The van der Waals surface area contributed by atoms with E-state index in [2.05, 4.69) is 12.2 Å². The van der Waals surface area contributed by atoms with Crippen LogP contribution in [0.4, 0.5) is 5.69 Å². The van der Waals surface area contributed by atoms with E-state index < -0.39 is 15.8 Å². The first-order valence-corrected chi connectivity index (χ1v) is 11.0. The number of nitrogens with one attached hydrogen (secondary N) is 1. The molecule has 1 N–H and O–H groups in total. The Morgan fingerprint density at radius 2 is 1.96 bits per heavy atom. The molecule has 2 heterocycles. The molecule has 3 rings (SSSR count). The number of likely N-dealkylation sites (tertiary alicyclic amines) is 1. The Balaban J connectivity index is 1.69. The smallest absolute Gasteiger partial charge is 0.254 e. The largest absolute Gasteiger partial charge is 0.336 e. The number of rotatable bonds is 3. The van der Waals surface area contributed by atoms with Gasteiger partial charge in [-0.1, -0.05) is 0 Å². The van der Waals surface area contributed by atoms with Crippen LogP contribution in [0.2, 0.25) is 0 Å². The number of nitrogens with zero attached hydrogens (tertiary/aromatic N) is 1. The highest BCUT2D eigenvalue weighted by Gasteiger charge is 2.33. The molecule has 1 aromatic carbocycles. The van der Waals surface area contributed by atoms with Crippen molar-refractivity contribution in [2.45, 2.75) is 45.6 Å². The molecule has 0 spiro atoms. The summed E-state index contributed by atoms with van der Waals surface area (Å²) in [4.78, 5) is 27.0. The lowest BCUT2D eigenvalue weighted by Gasteiger charge is -2.33. The SMILES string of the molecule is Cc1cc(C(=O)N2CCCC[C@H]2C)ccc1NC(=O)[C@H]1CCS(=O)(=O)C1. The van der Waals surface area contributed by atoms with Gasteiger partial charge in [0.05, 0.1) is 17.4 Å². The highest BCUT2D eigenvalue weighted by molar-refractivity contribution is 7.91. The first kappa shape index (κ1) is 18.9. The number of anilines is 1. The lowest BCUT2D eigenvalue weighted by atomic mass is 10.0. The van der Waals surface area contributed by atoms with Gasteiger partial charge in [0, 0.05) is 23.8 Å². The average Bonchev–Trinajstić information content (AvgIpc) is 2.96. The van der Waals surface area contributed by atoms with E-state index in [0.29, 0.717) is 17.7 Å². The minimum absolute atomic E-state index is 0.0278. The van der Waals surface area contributed by atoms with Crippen molar-refractivity contribution in [1.82, 2.24) is 4.90 Å². The van der Waals surface area contributed by atoms with Crippen LogP contribution in [0, 0.1) is 12.8 Å². The molecule has 2 saturated heterocycles. The van der Waals surface area contributed by atoms with Gasteiger partial charge in [0.1, 0.15) is 0 Å². The number of aryl methyl sites for hydroxylation is 1. The molecule has 2 amide bonds. The van der Waals surface area contributed by atoms with Crippen molar-refractivity contribution in [3.63, 3.8) is 0 Å². The molecule has 2 atom stereocenters. The zero-order valence-corrected chi connectivity index (χ0v) is 16.1. The van der Waals surface area contributed by atoms with Gasteiger partial charge in [-0.2, -0.15) is 0 Å². The molecule has 2 aliphatic rings. The van der Waals surface area contributed by atoms with Gasteiger partial charge in [-0.15, -0.1) is 0 Å². The summed E-state index contributed by atoms with van der Waals surface area (Å²) in [5, 5.41) is 2.82. The third kappa shape index (κ3) is 4.09. The molecule has 0 aliphatic carbocycles. The summed E-state index contributed by atoms with van der Waals surface area (Å²) in [6.45, 7) is 4.71. The van der Waals surface area contributed by atoms with E-state index in [0.717, 1.165) is 31.4 Å². The molecule has 2 fully saturated rings. The van der Waals surface area contributed by atoms with Crippen LogP contribution in [0.25, 0.3) is 0 Å². The maximum atomic E-state index is 12.7. The van der Waals surface area contributed by atoms with Crippen LogP contribution in [0.3, 0.4) is 0 Å². The fraction of sp³-hybridized carbons (Fsp3) is 0.579. The summed E-state index contributed by atoms with van der Waals surface area (Å²) in [6.07, 6.45) is 3.60. The van der Waals surface area contributed by atoms with Crippen molar-refractivity contribution in [2.75, 3.05) is 23.4 Å². The topological polar surface area (TPSA) is 83.6 Å². The fourth-order valence-corrected chi connectivity index (χ4v) is 5.48. The summed E-state index contributed by atoms with van der Waals surface area (Å²) in [5.41, 5.74) is 2.05. The molecule has 7 heteroatoms. The van der Waals surface area contributed by atoms with E-state index in [-0.39, 0.29) is 29.4 Å². The van der Waals surface area contributed by atoms with Crippen LogP contribution < -0.4 is 5.32 Å². The van der Waals surface area contributed by atoms with Crippen molar-refractivity contribution in [1.29, 1.82) is 0 Å². The second kappa shape index (κ2) is 7.39. The number of carbonyl (C=O) groups excluding carboxylic acids is 2. The van der Waals surface area contributed by atoms with Gasteiger partial charge in [-0.3, -0.25) is 9.59 Å². The third-order valence-electron chi connectivity index (χ3n) is 5.40. The standard InChI is InChI=1S/C19H26N2O4S/c1-13-11-15(19(23)21-9-4-3-5-14(21)2)6-7-17(13)20-18(22)16-8-10-26(24,25)12-16/h6-7,11,14,16H,3-5,8-10,12H2,1-2H3,(H,20,22)/t14-,16+/m1/s1. The molecular formula is C19H26N2O4S. The number of piperidine rings is 1. The zero-order valence-electron chi connectivity index (χ0n) is 15.3. The summed E-state index contributed by atoms with van der Waals surface area (Å²) in [6, 6.07) is 5.51. The van der Waals surface area contributed by atoms with Crippen molar-refractivity contribution < 1.29 is 18.0 Å². The first-order valence-electron chi connectivity index (χ1n) is 9.20. The molecule has 142 valence electrons. The number of hydrogen-bond acceptors (Lipinski definition) is 4. The van der Waals surface area contributed by atoms with Gasteiger partial charge in [0.2, 0.25) is 5.91 Å². The van der Waals surface area contributed by atoms with Crippen molar-refractivity contribution in [3.05, 3.63) is 29.3 Å². The predicted molar refractivity (Wildman–Crippen MR) is 101 cm³/mol. The molecule has 0 aromatic heterocycles. The van der Waals surface area contributed by atoms with E-state index >= 15 is 0 Å². The Labute approximate surface area is 154 Å². The lowest BCUT2D eigenvalue weighted by molar-refractivity contribution is -0.119. The monoisotopic (exact) mass is 378 g/mol. The van der Waals surface area contributed by atoms with Gasteiger partial charge in [-0.25, -0.2) is 8.42 Å². The van der Waals surface area contributed by atoms with E-state index in [1.54, 1.807) is 18.2 Å². The quantitative estimate of drug-likeness (QED) is 0.875. The fourth-order valence-electron chi connectivity index (χ4n) is 3.74. The van der Waals surface area contributed by atoms with Crippen molar-refractivity contribution >= 4 is 27.3 Å². The van der Waals surface area contributed by atoms with Gasteiger partial charge in [0.25, 0.3) is 5.91 Å². The van der Waals surface area contributed by atoms with E-state index in [9.17, 15) is 18.0 Å². The Kier molecular flexibility index (Phi) is 5.37. The number of amides is 2. The van der Waals surface area contributed by atoms with Crippen LogP contribution in [0.15, 0.2) is 18.2 Å². The molecule has 0 saturated carbocycles. The van der Waals surface area contributed by atoms with Crippen LogP contribution in [-0.4, -0.2) is 49.2 Å². The van der Waals surface area contributed by atoms with Crippen LogP contribution in [0.5, 0.6) is 0 Å². The highest BCUT2D eigenvalue weighted by Crippen LogP contribution is 2.24. The molecule has 0 bridgehead atoms. The Morgan fingerprint density at radius 3 is 2.58 bits per heavy atom. The third-order valence-corrected chi connectivity index (χ3v) is 7.17. The van der Waals surface area contributed by atoms with Crippen molar-refractivity contribution in [2.24, 2.45) is 5.92 Å². The zero-order chi connectivity index (χ0) is 18.9. The Hall–Kier alpha value is -1.89. The summed E-state index contributed by atoms with van der Waals surface area (Å²) in [7, 11) is -3.09. The number of carbonyl (C=O) groups is 2. The first-order chi connectivity index (χ1) is 12.3. The summed E-state index contributed by atoms with van der Waals surface area (Å²) < 4.78 is 23.1. The second-order valence-corrected chi connectivity index (χ2v) is 9.69. The number of benzene rings is 1. The molecule has 1 aromatic rings. The Bertz CT molecular complexity index is 819. The number of sulfone groups is 1. The van der Waals surface area contributed by atoms with Crippen LogP contribution in [-0.2, 0) is 14.6 Å². The molecule has 0 radical (unpaired) electrons. The predicted octanol–water partition coefficient (Wildman–Crippen LogP) is 2.38. The van der Waals surface area contributed by atoms with Gasteiger partial charge >= 0.3 is 0 Å². The second-order valence-electron chi connectivity index (χ2n) is 7.46. The van der Waals surface area contributed by atoms with E-state index in [4.69, 9.17) is 0 Å². The Morgan fingerprint density at radius 1 is 1.19 bits per heavy atom. The average molecular weight is 378 g/mol. The van der Waals surface area contributed by atoms with Gasteiger partial charge in [0.15, 0.2) is 9.84 Å². The lowest BCUT2D eigenvalue weighted by Crippen LogP contribution is -2.42. The highest BCUT2D eigenvalue weighted by atomic mass is 32.2. The normalized spacial score (nSPS) is 25.1. The van der Waals surface area contributed by atoms with Crippen molar-refractivity contribution in [3.8, 4) is 0 Å². The van der Waals surface area contributed by atoms with Crippen LogP contribution >= 0.6 is 0 Å². The molecule has 2 aliphatic heterocycles. The summed E-state index contributed by atoms with van der Waals surface area (Å²) in [5.74, 6) is -0.736. The van der Waals surface area contributed by atoms with E-state index in [1.165, 1.54) is 0 Å². The molecular weight excluding hydrogens is 352 g/mol. The molecule has 0 unspecified atom stereocenters. The minimum atomic E-state index is -3.09. The summed E-state index contributed by atoms with van der Waals surface area (Å²) >= 11 is 0. The maximum Gasteiger partial charge on any atom is 0.254 e.